The van der Waals surface area contributed by atoms with Crippen LogP contribution in [0, 0.1) is 11.3 Å². The van der Waals surface area contributed by atoms with E-state index < -0.39 is 0 Å². The third-order valence-corrected chi connectivity index (χ3v) is 5.21. The monoisotopic (exact) mass is 253 g/mol. The van der Waals surface area contributed by atoms with Crippen LogP contribution in [0.1, 0.15) is 40.0 Å². The lowest BCUT2D eigenvalue weighted by atomic mass is 9.80. The van der Waals surface area contributed by atoms with Crippen molar-refractivity contribution in [2.24, 2.45) is 17.1 Å². The Morgan fingerprint density at radius 2 is 2.00 bits per heavy atom. The first-order valence-electron chi connectivity index (χ1n) is 7.51. The van der Waals surface area contributed by atoms with Gasteiger partial charge in [0.1, 0.15) is 0 Å². The highest BCUT2D eigenvalue weighted by molar-refractivity contribution is 5.00. The molecule has 0 aromatic rings. The number of hydrogen-bond acceptors (Lipinski definition) is 3. The van der Waals surface area contributed by atoms with Crippen LogP contribution in [-0.2, 0) is 0 Å². The van der Waals surface area contributed by atoms with Gasteiger partial charge in [-0.25, -0.2) is 0 Å². The summed E-state index contributed by atoms with van der Waals surface area (Å²) in [6.07, 6.45) is 3.92. The second-order valence-electron chi connectivity index (χ2n) is 7.57. The molecular weight excluding hydrogens is 222 g/mol. The molecule has 0 bridgehead atoms. The van der Waals surface area contributed by atoms with Crippen molar-refractivity contribution in [3.63, 3.8) is 0 Å². The maximum absolute atomic E-state index is 6.17. The van der Waals surface area contributed by atoms with Crippen LogP contribution in [0.4, 0.5) is 0 Å². The van der Waals surface area contributed by atoms with E-state index in [4.69, 9.17) is 5.73 Å². The average molecular weight is 253 g/mol. The zero-order valence-corrected chi connectivity index (χ0v) is 12.7. The lowest BCUT2D eigenvalue weighted by Crippen LogP contribution is -2.61. The zero-order chi connectivity index (χ0) is 13.4. The molecule has 0 amide bonds. The Labute approximate surface area is 113 Å². The standard InChI is InChI=1S/C15H31N3/c1-14(2,3)13-6-9-18(10-13)15(11-16)7-5-8-17(4)12-15/h13H,5-12,16H2,1-4H3. The van der Waals surface area contributed by atoms with Gasteiger partial charge in [-0.1, -0.05) is 20.8 Å². The Morgan fingerprint density at radius 1 is 1.28 bits per heavy atom. The highest BCUT2D eigenvalue weighted by Gasteiger charge is 2.43. The van der Waals surface area contributed by atoms with Gasteiger partial charge in [0.2, 0.25) is 0 Å². The van der Waals surface area contributed by atoms with Gasteiger partial charge in [-0.3, -0.25) is 4.90 Å². The first-order chi connectivity index (χ1) is 8.37. The van der Waals surface area contributed by atoms with Crippen molar-refractivity contribution in [1.29, 1.82) is 0 Å². The largest absolute Gasteiger partial charge is 0.329 e. The molecule has 0 saturated carbocycles. The van der Waals surface area contributed by atoms with Gasteiger partial charge in [-0.2, -0.15) is 0 Å². The van der Waals surface area contributed by atoms with Crippen LogP contribution in [0.25, 0.3) is 0 Å². The Morgan fingerprint density at radius 3 is 2.50 bits per heavy atom. The lowest BCUT2D eigenvalue weighted by Gasteiger charge is -2.47. The molecule has 3 heteroatoms. The third-order valence-electron chi connectivity index (χ3n) is 5.21. The second-order valence-corrected chi connectivity index (χ2v) is 7.57. The molecule has 2 fully saturated rings. The summed E-state index contributed by atoms with van der Waals surface area (Å²) in [7, 11) is 2.24. The molecule has 2 aliphatic rings. The second kappa shape index (κ2) is 5.10. The van der Waals surface area contributed by atoms with Gasteiger partial charge < -0.3 is 10.6 Å². The Balaban J connectivity index is 2.06. The number of rotatable bonds is 2. The van der Waals surface area contributed by atoms with Crippen LogP contribution in [0.5, 0.6) is 0 Å². The number of likely N-dealkylation sites (N-methyl/N-ethyl adjacent to an activating group) is 1. The summed E-state index contributed by atoms with van der Waals surface area (Å²) in [5.41, 5.74) is 6.86. The van der Waals surface area contributed by atoms with Crippen molar-refractivity contribution < 1.29 is 0 Å². The van der Waals surface area contributed by atoms with E-state index in [9.17, 15) is 0 Å². The molecule has 2 atom stereocenters. The molecule has 0 radical (unpaired) electrons. The molecule has 2 heterocycles. The number of hydrogen-bond donors (Lipinski definition) is 1. The summed E-state index contributed by atoms with van der Waals surface area (Å²) in [4.78, 5) is 5.17. The minimum Gasteiger partial charge on any atom is -0.329 e. The molecule has 2 saturated heterocycles. The highest BCUT2D eigenvalue weighted by Crippen LogP contribution is 2.38. The molecular formula is C15H31N3. The molecule has 18 heavy (non-hydrogen) atoms. The SMILES string of the molecule is CN1CCCC(CN)(N2CCC(C(C)(C)C)C2)C1. The molecule has 2 aliphatic heterocycles. The molecule has 2 N–H and O–H groups in total. The van der Waals surface area contributed by atoms with Gasteiger partial charge in [0.05, 0.1) is 0 Å². The fraction of sp³-hybridized carbons (Fsp3) is 1.00. The van der Waals surface area contributed by atoms with E-state index in [1.807, 2.05) is 0 Å². The fourth-order valence-corrected chi connectivity index (χ4v) is 3.79. The summed E-state index contributed by atoms with van der Waals surface area (Å²) in [5, 5.41) is 0. The van der Waals surface area contributed by atoms with E-state index in [0.29, 0.717) is 5.41 Å². The normalized spacial score (nSPS) is 36.2. The van der Waals surface area contributed by atoms with Crippen molar-refractivity contribution in [3.05, 3.63) is 0 Å². The summed E-state index contributed by atoms with van der Waals surface area (Å²) in [6, 6.07) is 0. The van der Waals surface area contributed by atoms with Gasteiger partial charge in [0.15, 0.2) is 0 Å². The number of likely N-dealkylation sites (tertiary alicyclic amines) is 2. The van der Waals surface area contributed by atoms with Crippen molar-refractivity contribution in [3.8, 4) is 0 Å². The number of nitrogens with zero attached hydrogens (tertiary/aromatic N) is 2. The van der Waals surface area contributed by atoms with Crippen LogP contribution in [-0.4, -0.2) is 55.1 Å². The lowest BCUT2D eigenvalue weighted by molar-refractivity contribution is 0.0362. The van der Waals surface area contributed by atoms with E-state index in [1.54, 1.807) is 0 Å². The predicted octanol–water partition coefficient (Wildman–Crippen LogP) is 1.78. The summed E-state index contributed by atoms with van der Waals surface area (Å²) >= 11 is 0. The van der Waals surface area contributed by atoms with E-state index in [2.05, 4.69) is 37.6 Å². The smallest absolute Gasteiger partial charge is 0.0458 e. The number of nitrogens with two attached hydrogens (primary N) is 1. The molecule has 0 aliphatic carbocycles. The van der Waals surface area contributed by atoms with Crippen LogP contribution >= 0.6 is 0 Å². The molecule has 0 aromatic heterocycles. The molecule has 2 rings (SSSR count). The Hall–Kier alpha value is -0.120. The maximum atomic E-state index is 6.17. The predicted molar refractivity (Wildman–Crippen MR) is 77.7 cm³/mol. The van der Waals surface area contributed by atoms with Gasteiger partial charge in [0, 0.05) is 25.2 Å². The van der Waals surface area contributed by atoms with Gasteiger partial charge in [-0.05, 0) is 50.7 Å². The molecule has 0 aromatic carbocycles. The Kier molecular flexibility index (Phi) is 4.05. The number of piperidine rings is 1. The van der Waals surface area contributed by atoms with Crippen molar-refractivity contribution in [1.82, 2.24) is 9.80 Å². The van der Waals surface area contributed by atoms with Crippen molar-refractivity contribution in [2.45, 2.75) is 45.6 Å². The van der Waals surface area contributed by atoms with Gasteiger partial charge >= 0.3 is 0 Å². The van der Waals surface area contributed by atoms with E-state index in [0.717, 1.165) is 19.0 Å². The first-order valence-corrected chi connectivity index (χ1v) is 7.51. The molecule has 3 nitrogen and oxygen atoms in total. The fourth-order valence-electron chi connectivity index (χ4n) is 3.79. The molecule has 2 unspecified atom stereocenters. The minimum absolute atomic E-state index is 0.257. The molecule has 106 valence electrons. The van der Waals surface area contributed by atoms with Gasteiger partial charge in [-0.15, -0.1) is 0 Å². The summed E-state index contributed by atoms with van der Waals surface area (Å²) in [5.74, 6) is 0.827. The highest BCUT2D eigenvalue weighted by atomic mass is 15.3. The molecule has 0 spiro atoms. The van der Waals surface area contributed by atoms with Crippen LogP contribution < -0.4 is 5.73 Å². The van der Waals surface area contributed by atoms with E-state index >= 15 is 0 Å². The van der Waals surface area contributed by atoms with Gasteiger partial charge in [0.25, 0.3) is 0 Å². The van der Waals surface area contributed by atoms with E-state index in [1.165, 1.54) is 38.9 Å². The summed E-state index contributed by atoms with van der Waals surface area (Å²) in [6.45, 7) is 12.8. The minimum atomic E-state index is 0.257. The van der Waals surface area contributed by atoms with Crippen molar-refractivity contribution >= 4 is 0 Å². The van der Waals surface area contributed by atoms with Crippen molar-refractivity contribution in [2.75, 3.05) is 39.8 Å². The average Bonchev–Trinajstić information content (AvgIpc) is 2.78. The zero-order valence-electron chi connectivity index (χ0n) is 12.7. The maximum Gasteiger partial charge on any atom is 0.0458 e. The third kappa shape index (κ3) is 2.73. The van der Waals surface area contributed by atoms with E-state index in [-0.39, 0.29) is 5.54 Å². The quantitative estimate of drug-likeness (QED) is 0.814. The Bertz CT molecular complexity index is 284. The first kappa shape index (κ1) is 14.3. The van der Waals surface area contributed by atoms with Crippen LogP contribution in [0.3, 0.4) is 0 Å². The van der Waals surface area contributed by atoms with Crippen LogP contribution in [0.15, 0.2) is 0 Å². The van der Waals surface area contributed by atoms with Crippen LogP contribution in [0.2, 0.25) is 0 Å². The topological polar surface area (TPSA) is 32.5 Å². The summed E-state index contributed by atoms with van der Waals surface area (Å²) < 4.78 is 0.